The summed E-state index contributed by atoms with van der Waals surface area (Å²) in [4.78, 5) is 11.9. The zero-order chi connectivity index (χ0) is 18.2. The Morgan fingerprint density at radius 3 is 2.96 bits per heavy atom. The van der Waals surface area contributed by atoms with Gasteiger partial charge in [0.05, 0.1) is 11.9 Å². The van der Waals surface area contributed by atoms with Gasteiger partial charge in [0.25, 0.3) is 0 Å². The number of ether oxygens (including phenoxy) is 1. The smallest absolute Gasteiger partial charge is 0.230 e. The number of hydrogen-bond acceptors (Lipinski definition) is 7. The van der Waals surface area contributed by atoms with Crippen molar-refractivity contribution in [3.8, 4) is 0 Å². The van der Waals surface area contributed by atoms with E-state index in [1.165, 1.54) is 23.1 Å². The first-order valence-electron chi connectivity index (χ1n) is 8.52. The zero-order valence-corrected chi connectivity index (χ0v) is 16.6. The van der Waals surface area contributed by atoms with Crippen molar-refractivity contribution in [1.82, 2.24) is 15.5 Å². The van der Waals surface area contributed by atoms with E-state index in [4.69, 9.17) is 16.3 Å². The second-order valence-corrected chi connectivity index (χ2v) is 8.54. The Morgan fingerprint density at radius 1 is 1.35 bits per heavy atom. The summed E-state index contributed by atoms with van der Waals surface area (Å²) in [7, 11) is 0. The SMILES string of the molecule is O=C(CSc1nnc(NCC2CCCO2)s1)NCCc1ccc(Cl)cc1. The Bertz CT molecular complexity index is 705. The van der Waals surface area contributed by atoms with Crippen LogP contribution in [0.1, 0.15) is 18.4 Å². The zero-order valence-electron chi connectivity index (χ0n) is 14.2. The van der Waals surface area contributed by atoms with Crippen LogP contribution in [0.25, 0.3) is 0 Å². The molecule has 0 bridgehead atoms. The number of nitrogens with zero attached hydrogens (tertiary/aromatic N) is 2. The maximum Gasteiger partial charge on any atom is 0.230 e. The molecule has 1 unspecified atom stereocenters. The number of hydrogen-bond donors (Lipinski definition) is 2. The van der Waals surface area contributed by atoms with Crippen LogP contribution in [0, 0.1) is 0 Å². The normalized spacial score (nSPS) is 16.6. The van der Waals surface area contributed by atoms with Crippen LogP contribution >= 0.6 is 34.7 Å². The number of rotatable bonds is 9. The van der Waals surface area contributed by atoms with Crippen molar-refractivity contribution < 1.29 is 9.53 Å². The molecule has 1 aliphatic heterocycles. The molecule has 2 aromatic rings. The summed E-state index contributed by atoms with van der Waals surface area (Å²) in [6.07, 6.45) is 3.26. The number of aromatic nitrogens is 2. The van der Waals surface area contributed by atoms with Crippen LogP contribution in [0.5, 0.6) is 0 Å². The molecule has 0 spiro atoms. The van der Waals surface area contributed by atoms with Crippen molar-refractivity contribution in [2.45, 2.75) is 29.7 Å². The lowest BCUT2D eigenvalue weighted by Crippen LogP contribution is -2.27. The van der Waals surface area contributed by atoms with Gasteiger partial charge in [-0.05, 0) is 37.0 Å². The van der Waals surface area contributed by atoms with Gasteiger partial charge in [0.2, 0.25) is 11.0 Å². The van der Waals surface area contributed by atoms with Crippen LogP contribution < -0.4 is 10.6 Å². The third kappa shape index (κ3) is 6.42. The molecule has 9 heteroatoms. The van der Waals surface area contributed by atoms with Gasteiger partial charge in [-0.15, -0.1) is 10.2 Å². The summed E-state index contributed by atoms with van der Waals surface area (Å²) in [5.41, 5.74) is 1.15. The average molecular weight is 413 g/mol. The van der Waals surface area contributed by atoms with E-state index in [0.717, 1.165) is 52.5 Å². The van der Waals surface area contributed by atoms with Crippen molar-refractivity contribution in [1.29, 1.82) is 0 Å². The standard InChI is InChI=1S/C17H21ClN4O2S2/c18-13-5-3-12(4-6-13)7-8-19-15(23)11-25-17-22-21-16(26-17)20-10-14-2-1-9-24-14/h3-6,14H,1-2,7-11H2,(H,19,23)(H,20,21). The molecule has 0 saturated carbocycles. The molecule has 1 atom stereocenters. The van der Waals surface area contributed by atoms with Crippen molar-refractivity contribution >= 4 is 45.7 Å². The molecule has 1 aromatic carbocycles. The summed E-state index contributed by atoms with van der Waals surface area (Å²) in [5.74, 6) is 0.328. The van der Waals surface area contributed by atoms with Gasteiger partial charge in [-0.25, -0.2) is 0 Å². The molecular formula is C17H21ClN4O2S2. The lowest BCUT2D eigenvalue weighted by atomic mass is 10.1. The van der Waals surface area contributed by atoms with Crippen molar-refractivity contribution in [3.63, 3.8) is 0 Å². The molecule has 3 rings (SSSR count). The Balaban J connectivity index is 1.31. The number of carbonyl (C=O) groups is 1. The minimum Gasteiger partial charge on any atom is -0.376 e. The highest BCUT2D eigenvalue weighted by Crippen LogP contribution is 2.25. The maximum absolute atomic E-state index is 11.9. The van der Waals surface area contributed by atoms with E-state index in [2.05, 4.69) is 20.8 Å². The molecule has 0 aliphatic carbocycles. The number of anilines is 1. The topological polar surface area (TPSA) is 76.1 Å². The number of carbonyl (C=O) groups excluding carboxylic acids is 1. The second kappa shape index (κ2) is 10.1. The molecule has 1 fully saturated rings. The summed E-state index contributed by atoms with van der Waals surface area (Å²) in [5, 5.41) is 15.9. The summed E-state index contributed by atoms with van der Waals surface area (Å²) in [6.45, 7) is 2.20. The Labute approximate surface area is 166 Å². The summed E-state index contributed by atoms with van der Waals surface area (Å²) < 4.78 is 6.35. The van der Waals surface area contributed by atoms with Gasteiger partial charge in [0, 0.05) is 24.7 Å². The van der Waals surface area contributed by atoms with Gasteiger partial charge in [-0.3, -0.25) is 4.79 Å². The predicted octanol–water partition coefficient (Wildman–Crippen LogP) is 3.23. The molecule has 1 amide bonds. The molecule has 1 aromatic heterocycles. The number of halogens is 1. The van der Waals surface area contributed by atoms with E-state index < -0.39 is 0 Å². The summed E-state index contributed by atoms with van der Waals surface area (Å²) >= 11 is 8.72. The summed E-state index contributed by atoms with van der Waals surface area (Å²) in [6, 6.07) is 7.65. The second-order valence-electron chi connectivity index (χ2n) is 5.90. The highest BCUT2D eigenvalue weighted by molar-refractivity contribution is 8.01. The van der Waals surface area contributed by atoms with Crippen LogP contribution in [-0.2, 0) is 16.0 Å². The minimum atomic E-state index is -0.00646. The van der Waals surface area contributed by atoms with Crippen molar-refractivity contribution in [3.05, 3.63) is 34.9 Å². The molecular weight excluding hydrogens is 392 g/mol. The molecule has 26 heavy (non-hydrogen) atoms. The fourth-order valence-electron chi connectivity index (χ4n) is 2.52. The molecule has 2 N–H and O–H groups in total. The highest BCUT2D eigenvalue weighted by atomic mass is 35.5. The Kier molecular flexibility index (Phi) is 7.55. The predicted molar refractivity (Wildman–Crippen MR) is 106 cm³/mol. The van der Waals surface area contributed by atoms with E-state index in [1.807, 2.05) is 24.3 Å². The third-order valence-corrected chi connectivity index (χ3v) is 6.15. The van der Waals surface area contributed by atoms with Gasteiger partial charge < -0.3 is 15.4 Å². The largest absolute Gasteiger partial charge is 0.376 e. The van der Waals surface area contributed by atoms with Gasteiger partial charge in [0.15, 0.2) is 4.34 Å². The van der Waals surface area contributed by atoms with E-state index >= 15 is 0 Å². The van der Waals surface area contributed by atoms with Crippen LogP contribution in [-0.4, -0.2) is 47.7 Å². The first-order valence-corrected chi connectivity index (χ1v) is 10.7. The first kappa shape index (κ1) is 19.4. The molecule has 1 aliphatic rings. The maximum atomic E-state index is 11.9. The van der Waals surface area contributed by atoms with Gasteiger partial charge >= 0.3 is 0 Å². The van der Waals surface area contributed by atoms with Crippen molar-refractivity contribution in [2.24, 2.45) is 0 Å². The quantitative estimate of drug-likeness (QED) is 0.616. The van der Waals surface area contributed by atoms with Crippen LogP contribution in [0.15, 0.2) is 28.6 Å². The lowest BCUT2D eigenvalue weighted by Gasteiger charge is -2.08. The Morgan fingerprint density at radius 2 is 2.19 bits per heavy atom. The molecule has 6 nitrogen and oxygen atoms in total. The molecule has 1 saturated heterocycles. The molecule has 140 valence electrons. The number of nitrogens with one attached hydrogen (secondary N) is 2. The van der Waals surface area contributed by atoms with Gasteiger partial charge in [-0.2, -0.15) is 0 Å². The average Bonchev–Trinajstić information content (AvgIpc) is 3.31. The van der Waals surface area contributed by atoms with E-state index in [9.17, 15) is 4.79 Å². The first-order chi connectivity index (χ1) is 12.7. The molecule has 0 radical (unpaired) electrons. The number of amides is 1. The van der Waals surface area contributed by atoms with E-state index in [1.54, 1.807) is 0 Å². The van der Waals surface area contributed by atoms with Crippen LogP contribution in [0.3, 0.4) is 0 Å². The van der Waals surface area contributed by atoms with Gasteiger partial charge in [-0.1, -0.05) is 46.8 Å². The van der Waals surface area contributed by atoms with Crippen LogP contribution in [0.4, 0.5) is 5.13 Å². The minimum absolute atomic E-state index is 0.00646. The number of benzene rings is 1. The molecule has 2 heterocycles. The van der Waals surface area contributed by atoms with Crippen LogP contribution in [0.2, 0.25) is 5.02 Å². The van der Waals surface area contributed by atoms with Gasteiger partial charge in [0.1, 0.15) is 0 Å². The monoisotopic (exact) mass is 412 g/mol. The number of thioether (sulfide) groups is 1. The third-order valence-electron chi connectivity index (χ3n) is 3.89. The highest BCUT2D eigenvalue weighted by Gasteiger charge is 2.16. The van der Waals surface area contributed by atoms with E-state index in [-0.39, 0.29) is 12.0 Å². The van der Waals surface area contributed by atoms with E-state index in [0.29, 0.717) is 12.3 Å². The fourth-order valence-corrected chi connectivity index (χ4v) is 4.24. The lowest BCUT2D eigenvalue weighted by molar-refractivity contribution is -0.118. The van der Waals surface area contributed by atoms with Crippen molar-refractivity contribution in [2.75, 3.05) is 30.8 Å². The Hall–Kier alpha value is -1.35. The fraction of sp³-hybridized carbons (Fsp3) is 0.471.